The number of nitrogens with zero attached hydrogens (tertiary/aromatic N) is 1. The molecule has 0 radical (unpaired) electrons. The lowest BCUT2D eigenvalue weighted by Crippen LogP contribution is -2.15. The Labute approximate surface area is 170 Å². The number of anilines is 2. The zero-order valence-corrected chi connectivity index (χ0v) is 16.0. The summed E-state index contributed by atoms with van der Waals surface area (Å²) in [5, 5.41) is 5.82. The van der Waals surface area contributed by atoms with E-state index in [1.54, 1.807) is 0 Å². The summed E-state index contributed by atoms with van der Waals surface area (Å²) in [4.78, 5) is 29.0. The highest BCUT2D eigenvalue weighted by molar-refractivity contribution is 7.16. The van der Waals surface area contributed by atoms with Crippen molar-refractivity contribution in [2.45, 2.75) is 6.42 Å². The topological polar surface area (TPSA) is 85.1 Å². The number of carbonyl (C=O) groups is 2. The molecule has 1 heterocycles. The summed E-state index contributed by atoms with van der Waals surface area (Å²) in [6.45, 7) is 0. The molecule has 3 aromatic carbocycles. The summed E-state index contributed by atoms with van der Waals surface area (Å²) in [7, 11) is 0. The number of aromatic nitrogens is 1. The summed E-state index contributed by atoms with van der Waals surface area (Å²) in [6, 6.07) is 19.1. The molecule has 0 fully saturated rings. The van der Waals surface area contributed by atoms with E-state index in [9.17, 15) is 14.0 Å². The molecule has 5 nitrogen and oxygen atoms in total. The highest BCUT2D eigenvalue weighted by atomic mass is 32.1. The van der Waals surface area contributed by atoms with Crippen molar-refractivity contribution in [1.29, 1.82) is 0 Å². The van der Waals surface area contributed by atoms with Crippen LogP contribution >= 0.6 is 11.3 Å². The van der Waals surface area contributed by atoms with Gasteiger partial charge in [0.05, 0.1) is 0 Å². The lowest BCUT2D eigenvalue weighted by molar-refractivity contribution is 0.0991. The summed E-state index contributed by atoms with van der Waals surface area (Å²) < 4.78 is 13.1. The van der Waals surface area contributed by atoms with E-state index in [1.165, 1.54) is 35.6 Å². The van der Waals surface area contributed by atoms with Crippen LogP contribution in [0.15, 0.2) is 66.7 Å². The van der Waals surface area contributed by atoms with Gasteiger partial charge in [-0.05, 0) is 47.2 Å². The molecule has 4 rings (SSSR count). The van der Waals surface area contributed by atoms with Crippen molar-refractivity contribution in [1.82, 2.24) is 4.98 Å². The normalized spacial score (nSPS) is 10.8. The Hall–Kier alpha value is -3.58. The number of nitrogens with one attached hydrogen (secondary N) is 1. The highest BCUT2D eigenvalue weighted by Crippen LogP contribution is 2.29. The van der Waals surface area contributed by atoms with E-state index in [-0.39, 0.29) is 17.9 Å². The second-order valence-electron chi connectivity index (χ2n) is 6.45. The first-order chi connectivity index (χ1) is 14.0. The Morgan fingerprint density at radius 1 is 1.00 bits per heavy atom. The number of hydrogen-bond acceptors (Lipinski definition) is 5. The maximum Gasteiger partial charge on any atom is 0.268 e. The van der Waals surface area contributed by atoms with Gasteiger partial charge in [0.15, 0.2) is 10.9 Å². The lowest BCUT2D eigenvalue weighted by Gasteiger charge is -2.04. The number of carbonyl (C=O) groups excluding carboxylic acids is 2. The third kappa shape index (κ3) is 4.14. The van der Waals surface area contributed by atoms with Crippen LogP contribution in [0.5, 0.6) is 0 Å². The quantitative estimate of drug-likeness (QED) is 0.455. The molecular formula is C22H16FN3O2S. The zero-order chi connectivity index (χ0) is 20.4. The van der Waals surface area contributed by atoms with E-state index in [0.29, 0.717) is 15.6 Å². The Bertz CT molecular complexity index is 1220. The number of nitrogens with two attached hydrogens (primary N) is 1. The molecular weight excluding hydrogens is 389 g/mol. The van der Waals surface area contributed by atoms with Gasteiger partial charge in [0.1, 0.15) is 11.5 Å². The highest BCUT2D eigenvalue weighted by Gasteiger charge is 2.19. The van der Waals surface area contributed by atoms with E-state index in [4.69, 9.17) is 5.73 Å². The van der Waals surface area contributed by atoms with Gasteiger partial charge in [0, 0.05) is 22.5 Å². The van der Waals surface area contributed by atoms with Crippen LogP contribution in [0.2, 0.25) is 0 Å². The molecule has 1 aromatic heterocycles. The van der Waals surface area contributed by atoms with Crippen LogP contribution in [0.25, 0.3) is 10.8 Å². The van der Waals surface area contributed by atoms with Crippen LogP contribution in [0.3, 0.4) is 0 Å². The van der Waals surface area contributed by atoms with Crippen LogP contribution in [-0.2, 0) is 6.42 Å². The maximum atomic E-state index is 13.1. The van der Waals surface area contributed by atoms with Gasteiger partial charge in [0.25, 0.3) is 5.91 Å². The predicted molar refractivity (Wildman–Crippen MR) is 112 cm³/mol. The Morgan fingerprint density at radius 3 is 2.45 bits per heavy atom. The Morgan fingerprint density at radius 2 is 1.72 bits per heavy atom. The first-order valence-electron chi connectivity index (χ1n) is 8.84. The fourth-order valence-corrected chi connectivity index (χ4v) is 3.98. The van der Waals surface area contributed by atoms with Crippen molar-refractivity contribution in [2.24, 2.45) is 5.73 Å². The van der Waals surface area contributed by atoms with E-state index < -0.39 is 11.7 Å². The number of amides is 1. The average molecular weight is 405 g/mol. The minimum absolute atomic E-state index is 0.0407. The van der Waals surface area contributed by atoms with Gasteiger partial charge in [-0.15, -0.1) is 11.3 Å². The van der Waals surface area contributed by atoms with Crippen molar-refractivity contribution in [3.63, 3.8) is 0 Å². The number of primary amides is 1. The molecule has 0 unspecified atom stereocenters. The van der Waals surface area contributed by atoms with Gasteiger partial charge in [-0.3, -0.25) is 9.59 Å². The second kappa shape index (κ2) is 7.81. The summed E-state index contributed by atoms with van der Waals surface area (Å²) in [6.07, 6.45) is -0.0407. The van der Waals surface area contributed by atoms with Crippen LogP contribution < -0.4 is 11.1 Å². The van der Waals surface area contributed by atoms with E-state index in [2.05, 4.69) is 10.3 Å². The van der Waals surface area contributed by atoms with E-state index in [1.807, 2.05) is 42.5 Å². The molecule has 4 aromatic rings. The third-order valence-electron chi connectivity index (χ3n) is 4.42. The first-order valence-corrected chi connectivity index (χ1v) is 9.65. The molecule has 0 atom stereocenters. The maximum absolute atomic E-state index is 13.1. The van der Waals surface area contributed by atoms with Crippen LogP contribution in [0.1, 0.15) is 25.7 Å². The van der Waals surface area contributed by atoms with Gasteiger partial charge >= 0.3 is 0 Å². The molecule has 0 spiro atoms. The number of Topliss-reactive ketones (excluding diaryl/α,β-unsaturated/α-hetero) is 1. The van der Waals surface area contributed by atoms with Gasteiger partial charge in [-0.25, -0.2) is 9.37 Å². The number of ketones is 1. The van der Waals surface area contributed by atoms with Gasteiger partial charge in [-0.2, -0.15) is 0 Å². The SMILES string of the molecule is NC(=O)c1nc(Nc2ccc3ccccc3c2)sc1CC(=O)c1ccc(F)cc1. The minimum atomic E-state index is -0.699. The summed E-state index contributed by atoms with van der Waals surface area (Å²) in [5.41, 5.74) is 6.68. The van der Waals surface area contributed by atoms with Crippen molar-refractivity contribution in [3.05, 3.63) is 88.7 Å². The molecule has 7 heteroatoms. The number of fused-ring (bicyclic) bond motifs is 1. The van der Waals surface area contributed by atoms with Crippen LogP contribution in [-0.4, -0.2) is 16.7 Å². The molecule has 0 aliphatic carbocycles. The van der Waals surface area contributed by atoms with Crippen LogP contribution in [0, 0.1) is 5.82 Å². The molecule has 0 aliphatic heterocycles. The molecule has 144 valence electrons. The van der Waals surface area contributed by atoms with Crippen LogP contribution in [0.4, 0.5) is 15.2 Å². The summed E-state index contributed by atoms with van der Waals surface area (Å²) >= 11 is 1.20. The van der Waals surface area contributed by atoms with Gasteiger partial charge < -0.3 is 11.1 Å². The Kier molecular flexibility index (Phi) is 5.05. The third-order valence-corrected chi connectivity index (χ3v) is 5.39. The largest absolute Gasteiger partial charge is 0.364 e. The molecule has 29 heavy (non-hydrogen) atoms. The van der Waals surface area contributed by atoms with Crippen molar-refractivity contribution < 1.29 is 14.0 Å². The summed E-state index contributed by atoms with van der Waals surface area (Å²) in [5.74, 6) is -1.36. The van der Waals surface area contributed by atoms with Crippen molar-refractivity contribution in [3.8, 4) is 0 Å². The molecule has 1 amide bonds. The molecule has 0 saturated carbocycles. The molecule has 0 aliphatic rings. The minimum Gasteiger partial charge on any atom is -0.364 e. The smallest absolute Gasteiger partial charge is 0.268 e. The number of halogens is 1. The monoisotopic (exact) mass is 405 g/mol. The first kappa shape index (κ1) is 18.8. The number of benzene rings is 3. The number of hydrogen-bond donors (Lipinski definition) is 2. The number of thiazole rings is 1. The predicted octanol–water partition coefficient (Wildman–Crippen LogP) is 4.70. The fraction of sp³-hybridized carbons (Fsp3) is 0.0455. The van der Waals surface area contributed by atoms with Gasteiger partial charge in [0.2, 0.25) is 0 Å². The average Bonchev–Trinajstić information content (AvgIpc) is 3.10. The number of rotatable bonds is 6. The molecule has 0 bridgehead atoms. The fourth-order valence-electron chi connectivity index (χ4n) is 2.99. The van der Waals surface area contributed by atoms with E-state index in [0.717, 1.165) is 16.5 Å². The van der Waals surface area contributed by atoms with Crippen molar-refractivity contribution in [2.75, 3.05) is 5.32 Å². The second-order valence-corrected chi connectivity index (χ2v) is 7.53. The lowest BCUT2D eigenvalue weighted by atomic mass is 10.1. The molecule has 3 N–H and O–H groups in total. The van der Waals surface area contributed by atoms with Crippen molar-refractivity contribution >= 4 is 44.6 Å². The zero-order valence-electron chi connectivity index (χ0n) is 15.2. The Balaban J connectivity index is 1.59. The van der Waals surface area contributed by atoms with Gasteiger partial charge in [-0.1, -0.05) is 30.3 Å². The van der Waals surface area contributed by atoms with E-state index >= 15 is 0 Å². The standard InChI is InChI=1S/C22H16FN3O2S/c23-16-8-5-14(6-9-16)18(27)12-19-20(21(24)28)26-22(29-19)25-17-10-7-13-3-1-2-4-15(13)11-17/h1-11H,12H2,(H2,24,28)(H,25,26). The molecule has 0 saturated heterocycles.